The van der Waals surface area contributed by atoms with Crippen LogP contribution in [-0.2, 0) is 6.54 Å². The van der Waals surface area contributed by atoms with Crippen molar-refractivity contribution in [2.75, 3.05) is 11.9 Å². The van der Waals surface area contributed by atoms with Crippen LogP contribution in [-0.4, -0.2) is 26.9 Å². The number of nitrogens with zero attached hydrogens (tertiary/aromatic N) is 3. The van der Waals surface area contributed by atoms with Gasteiger partial charge >= 0.3 is 11.8 Å². The van der Waals surface area contributed by atoms with E-state index in [1.807, 2.05) is 26.0 Å². The Morgan fingerprint density at radius 1 is 1.29 bits per heavy atom. The third-order valence-electron chi connectivity index (χ3n) is 3.60. The molecule has 0 atom stereocenters. The van der Waals surface area contributed by atoms with E-state index < -0.39 is 5.76 Å². The third kappa shape index (κ3) is 3.17. The lowest BCUT2D eigenvalue weighted by Crippen LogP contribution is -2.33. The predicted octanol–water partition coefficient (Wildman–Crippen LogP) is 2.19. The van der Waals surface area contributed by atoms with Crippen LogP contribution in [0.4, 0.5) is 10.6 Å². The number of para-hydroxylation sites is 2. The van der Waals surface area contributed by atoms with Gasteiger partial charge in [0.15, 0.2) is 5.58 Å². The highest BCUT2D eigenvalue weighted by Crippen LogP contribution is 2.13. The fourth-order valence-corrected chi connectivity index (χ4v) is 2.49. The van der Waals surface area contributed by atoms with Gasteiger partial charge in [0, 0.05) is 25.2 Å². The van der Waals surface area contributed by atoms with E-state index in [2.05, 4.69) is 15.7 Å². The van der Waals surface area contributed by atoms with Crippen molar-refractivity contribution in [1.82, 2.24) is 19.7 Å². The average molecular weight is 329 g/mol. The monoisotopic (exact) mass is 329 g/mol. The van der Waals surface area contributed by atoms with Gasteiger partial charge in [-0.1, -0.05) is 12.1 Å². The second kappa shape index (κ2) is 6.61. The summed E-state index contributed by atoms with van der Waals surface area (Å²) in [5, 5.41) is 9.62. The zero-order valence-corrected chi connectivity index (χ0v) is 13.5. The molecule has 24 heavy (non-hydrogen) atoms. The van der Waals surface area contributed by atoms with Gasteiger partial charge in [-0.15, -0.1) is 0 Å². The molecular formula is C16H19N5O3. The zero-order chi connectivity index (χ0) is 17.1. The maximum atomic E-state index is 12.0. The Kier molecular flexibility index (Phi) is 4.37. The number of hydrogen-bond acceptors (Lipinski definition) is 4. The number of amides is 2. The summed E-state index contributed by atoms with van der Waals surface area (Å²) in [5.74, 6) is 0.185. The van der Waals surface area contributed by atoms with Gasteiger partial charge in [0.25, 0.3) is 0 Å². The molecule has 0 fully saturated rings. The fraction of sp³-hybridized carbons (Fsp3) is 0.312. The normalized spacial score (nSPS) is 11.1. The number of oxazole rings is 1. The molecule has 0 bridgehead atoms. The summed E-state index contributed by atoms with van der Waals surface area (Å²) >= 11 is 0. The van der Waals surface area contributed by atoms with Crippen LogP contribution in [0.25, 0.3) is 11.1 Å². The Bertz CT molecular complexity index is 906. The number of benzene rings is 1. The van der Waals surface area contributed by atoms with Crippen molar-refractivity contribution in [2.24, 2.45) is 0 Å². The van der Waals surface area contributed by atoms with Gasteiger partial charge in [0.05, 0.1) is 11.7 Å². The Balaban J connectivity index is 1.60. The highest BCUT2D eigenvalue weighted by Gasteiger charge is 2.11. The molecule has 2 aromatic heterocycles. The van der Waals surface area contributed by atoms with Gasteiger partial charge in [-0.3, -0.25) is 9.88 Å². The first-order valence-corrected chi connectivity index (χ1v) is 7.73. The fourth-order valence-electron chi connectivity index (χ4n) is 2.49. The summed E-state index contributed by atoms with van der Waals surface area (Å²) < 4.78 is 8.36. The van der Waals surface area contributed by atoms with E-state index in [-0.39, 0.29) is 12.1 Å². The maximum Gasteiger partial charge on any atom is 0.420 e. The molecule has 3 aromatic rings. The maximum absolute atomic E-state index is 12.0. The SMILES string of the molecule is CC(C)n1nccc1NC(=O)NCCn1c(=O)oc2ccccc21. The topological polar surface area (TPSA) is 94.1 Å². The summed E-state index contributed by atoms with van der Waals surface area (Å²) in [6.07, 6.45) is 1.63. The molecule has 3 rings (SSSR count). The first-order chi connectivity index (χ1) is 11.6. The molecule has 0 unspecified atom stereocenters. The second-order valence-electron chi connectivity index (χ2n) is 5.62. The Hall–Kier alpha value is -3.03. The van der Waals surface area contributed by atoms with E-state index in [0.717, 1.165) is 0 Å². The van der Waals surface area contributed by atoms with E-state index in [4.69, 9.17) is 4.42 Å². The Labute approximate surface area is 138 Å². The molecule has 2 N–H and O–H groups in total. The van der Waals surface area contributed by atoms with E-state index >= 15 is 0 Å². The van der Waals surface area contributed by atoms with Crippen molar-refractivity contribution in [3.8, 4) is 0 Å². The molecule has 0 saturated heterocycles. The quantitative estimate of drug-likeness (QED) is 0.750. The van der Waals surface area contributed by atoms with E-state index in [1.165, 1.54) is 4.57 Å². The molecule has 8 heteroatoms. The minimum atomic E-state index is -0.434. The van der Waals surface area contributed by atoms with Gasteiger partial charge in [0.2, 0.25) is 0 Å². The summed E-state index contributed by atoms with van der Waals surface area (Å²) in [7, 11) is 0. The summed E-state index contributed by atoms with van der Waals surface area (Å²) in [4.78, 5) is 23.8. The van der Waals surface area contributed by atoms with Crippen LogP contribution >= 0.6 is 0 Å². The van der Waals surface area contributed by atoms with Crippen molar-refractivity contribution in [1.29, 1.82) is 0 Å². The number of carbonyl (C=O) groups excluding carboxylic acids is 1. The first kappa shape index (κ1) is 15.9. The number of fused-ring (bicyclic) bond motifs is 1. The molecular weight excluding hydrogens is 310 g/mol. The Morgan fingerprint density at radius 3 is 2.88 bits per heavy atom. The lowest BCUT2D eigenvalue weighted by Gasteiger charge is -2.12. The number of carbonyl (C=O) groups is 1. The van der Waals surface area contributed by atoms with Crippen molar-refractivity contribution < 1.29 is 9.21 Å². The lowest BCUT2D eigenvalue weighted by atomic mass is 10.3. The molecule has 0 aliphatic rings. The van der Waals surface area contributed by atoms with Gasteiger partial charge in [-0.2, -0.15) is 5.10 Å². The first-order valence-electron chi connectivity index (χ1n) is 7.73. The van der Waals surface area contributed by atoms with Crippen molar-refractivity contribution in [3.63, 3.8) is 0 Å². The highest BCUT2D eigenvalue weighted by atomic mass is 16.4. The summed E-state index contributed by atoms with van der Waals surface area (Å²) in [6.45, 7) is 4.58. The van der Waals surface area contributed by atoms with Crippen molar-refractivity contribution >= 4 is 22.9 Å². The number of urea groups is 1. The standard InChI is InChI=1S/C16H19N5O3/c1-11(2)21-14(7-8-18-21)19-15(22)17-9-10-20-12-5-3-4-6-13(12)24-16(20)23/h3-8,11H,9-10H2,1-2H3,(H2,17,19,22). The summed E-state index contributed by atoms with van der Waals surface area (Å²) in [5.41, 5.74) is 1.25. The number of rotatable bonds is 5. The molecule has 0 saturated carbocycles. The number of aromatic nitrogens is 3. The minimum absolute atomic E-state index is 0.145. The van der Waals surface area contributed by atoms with Crippen molar-refractivity contribution in [3.05, 3.63) is 47.1 Å². The molecule has 8 nitrogen and oxygen atoms in total. The molecule has 2 heterocycles. The number of nitrogens with one attached hydrogen (secondary N) is 2. The van der Waals surface area contributed by atoms with E-state index in [0.29, 0.717) is 30.0 Å². The Morgan fingerprint density at radius 2 is 2.08 bits per heavy atom. The van der Waals surface area contributed by atoms with E-state index in [9.17, 15) is 9.59 Å². The molecule has 1 aromatic carbocycles. The molecule has 0 aliphatic heterocycles. The van der Waals surface area contributed by atoms with Crippen molar-refractivity contribution in [2.45, 2.75) is 26.4 Å². The van der Waals surface area contributed by atoms with Crippen LogP contribution in [0.2, 0.25) is 0 Å². The molecule has 0 spiro atoms. The molecule has 2 amide bonds. The molecule has 0 radical (unpaired) electrons. The second-order valence-corrected chi connectivity index (χ2v) is 5.62. The minimum Gasteiger partial charge on any atom is -0.408 e. The van der Waals surface area contributed by atoms with Gasteiger partial charge in [0.1, 0.15) is 5.82 Å². The van der Waals surface area contributed by atoms with Crippen LogP contribution in [0, 0.1) is 0 Å². The van der Waals surface area contributed by atoms with Gasteiger partial charge < -0.3 is 9.73 Å². The average Bonchev–Trinajstić information content (AvgIpc) is 3.12. The third-order valence-corrected chi connectivity index (χ3v) is 3.60. The predicted molar refractivity (Wildman–Crippen MR) is 90.1 cm³/mol. The van der Waals surface area contributed by atoms with Crippen LogP contribution in [0.5, 0.6) is 0 Å². The number of hydrogen-bond donors (Lipinski definition) is 2. The van der Waals surface area contributed by atoms with Gasteiger partial charge in [-0.05, 0) is 26.0 Å². The molecule has 0 aliphatic carbocycles. The lowest BCUT2D eigenvalue weighted by molar-refractivity contribution is 0.251. The van der Waals surface area contributed by atoms with E-state index in [1.54, 1.807) is 29.1 Å². The largest absolute Gasteiger partial charge is 0.420 e. The number of anilines is 1. The highest BCUT2D eigenvalue weighted by molar-refractivity contribution is 5.88. The van der Waals surface area contributed by atoms with Gasteiger partial charge in [-0.25, -0.2) is 14.3 Å². The zero-order valence-electron chi connectivity index (χ0n) is 13.5. The summed E-state index contributed by atoms with van der Waals surface area (Å²) in [6, 6.07) is 8.71. The smallest absolute Gasteiger partial charge is 0.408 e. The van der Waals surface area contributed by atoms with Crippen LogP contribution < -0.4 is 16.4 Å². The van der Waals surface area contributed by atoms with Crippen LogP contribution in [0.1, 0.15) is 19.9 Å². The van der Waals surface area contributed by atoms with Crippen LogP contribution in [0.3, 0.4) is 0 Å². The molecule has 126 valence electrons. The van der Waals surface area contributed by atoms with Crippen LogP contribution in [0.15, 0.2) is 45.7 Å².